The Balaban J connectivity index is 2.17. The number of nitrogens with zero attached hydrogens (tertiary/aromatic N) is 2. The first-order chi connectivity index (χ1) is 7.70. The van der Waals surface area contributed by atoms with Gasteiger partial charge in [-0.15, -0.1) is 0 Å². The summed E-state index contributed by atoms with van der Waals surface area (Å²) in [6.07, 6.45) is 1.33. The van der Waals surface area contributed by atoms with Crippen molar-refractivity contribution in [3.05, 3.63) is 41.2 Å². The molecule has 0 aliphatic carbocycles. The lowest BCUT2D eigenvalue weighted by Gasteiger charge is -2.04. The number of aromatic nitrogens is 2. The van der Waals surface area contributed by atoms with Crippen molar-refractivity contribution in [2.45, 2.75) is 6.54 Å². The third-order valence-electron chi connectivity index (χ3n) is 2.25. The molecular weight excluding hydrogens is 228 g/mol. The van der Waals surface area contributed by atoms with Crippen LogP contribution >= 0.6 is 11.6 Å². The van der Waals surface area contributed by atoms with Gasteiger partial charge in [0.15, 0.2) is 10.9 Å². The zero-order valence-electron chi connectivity index (χ0n) is 8.72. The first kappa shape index (κ1) is 10.8. The number of rotatable bonds is 3. The first-order valence-electron chi connectivity index (χ1n) is 4.74. The molecule has 0 saturated heterocycles. The van der Waals surface area contributed by atoms with E-state index in [9.17, 15) is 5.11 Å². The molecule has 0 unspecified atom stereocenters. The molecule has 0 spiro atoms. The number of hydrogen-bond acceptors (Lipinski definition) is 3. The van der Waals surface area contributed by atoms with E-state index in [2.05, 4.69) is 5.10 Å². The molecule has 1 N–H and O–H groups in total. The van der Waals surface area contributed by atoms with Crippen molar-refractivity contribution < 1.29 is 9.84 Å². The Kier molecular flexibility index (Phi) is 3.01. The fourth-order valence-electron chi connectivity index (χ4n) is 1.37. The molecule has 1 aromatic heterocycles. The van der Waals surface area contributed by atoms with Gasteiger partial charge in [-0.05, 0) is 17.7 Å². The van der Waals surface area contributed by atoms with Crippen LogP contribution in [0.25, 0.3) is 0 Å². The normalized spacial score (nSPS) is 10.4. The highest BCUT2D eigenvalue weighted by molar-refractivity contribution is 6.30. The van der Waals surface area contributed by atoms with Gasteiger partial charge < -0.3 is 9.84 Å². The van der Waals surface area contributed by atoms with Crippen LogP contribution in [0.1, 0.15) is 5.56 Å². The highest BCUT2D eigenvalue weighted by atomic mass is 35.5. The van der Waals surface area contributed by atoms with Crippen molar-refractivity contribution in [3.8, 4) is 11.5 Å². The minimum absolute atomic E-state index is 0.00446. The van der Waals surface area contributed by atoms with E-state index in [-0.39, 0.29) is 10.9 Å². The number of aromatic hydroxyl groups is 1. The van der Waals surface area contributed by atoms with E-state index < -0.39 is 0 Å². The number of hydrogen-bond donors (Lipinski definition) is 1. The van der Waals surface area contributed by atoms with Gasteiger partial charge in [0.25, 0.3) is 0 Å². The summed E-state index contributed by atoms with van der Waals surface area (Å²) in [5, 5.41) is 13.5. The highest BCUT2D eigenvalue weighted by Gasteiger charge is 2.06. The lowest BCUT2D eigenvalue weighted by molar-refractivity contribution is 0.414. The van der Waals surface area contributed by atoms with E-state index in [4.69, 9.17) is 16.3 Å². The third kappa shape index (κ3) is 2.12. The zero-order valence-corrected chi connectivity index (χ0v) is 9.48. The van der Waals surface area contributed by atoms with Crippen LogP contribution in [0.4, 0.5) is 0 Å². The number of halogens is 1. The molecule has 0 atom stereocenters. The molecule has 16 heavy (non-hydrogen) atoms. The molecular formula is C11H11ClN2O2. The van der Waals surface area contributed by atoms with Crippen molar-refractivity contribution in [1.29, 1.82) is 0 Å². The summed E-state index contributed by atoms with van der Waals surface area (Å²) in [5.41, 5.74) is 1.03. The number of benzene rings is 1. The van der Waals surface area contributed by atoms with Crippen molar-refractivity contribution >= 4 is 11.6 Å². The first-order valence-corrected chi connectivity index (χ1v) is 5.11. The molecule has 2 rings (SSSR count). The lowest BCUT2D eigenvalue weighted by atomic mass is 10.2. The maximum absolute atomic E-state index is 9.27. The van der Waals surface area contributed by atoms with E-state index >= 15 is 0 Å². The minimum atomic E-state index is -0.00446. The smallest absolute Gasteiger partial charge is 0.173 e. The second-order valence-corrected chi connectivity index (χ2v) is 3.68. The van der Waals surface area contributed by atoms with E-state index in [1.54, 1.807) is 7.11 Å². The van der Waals surface area contributed by atoms with Crippen LogP contribution in [0, 0.1) is 0 Å². The van der Waals surface area contributed by atoms with Crippen LogP contribution in [0.2, 0.25) is 5.15 Å². The molecule has 84 valence electrons. The van der Waals surface area contributed by atoms with Crippen molar-refractivity contribution in [1.82, 2.24) is 9.78 Å². The SMILES string of the molecule is COc1ccc(Cn2ncc(O)c2Cl)cc1. The van der Waals surface area contributed by atoms with Gasteiger partial charge in [0.2, 0.25) is 0 Å². The van der Waals surface area contributed by atoms with Crippen LogP contribution in [0.5, 0.6) is 11.5 Å². The van der Waals surface area contributed by atoms with Gasteiger partial charge in [0.05, 0.1) is 19.9 Å². The van der Waals surface area contributed by atoms with Gasteiger partial charge in [-0.1, -0.05) is 23.7 Å². The van der Waals surface area contributed by atoms with Crippen LogP contribution in [-0.2, 0) is 6.54 Å². The summed E-state index contributed by atoms with van der Waals surface area (Å²) >= 11 is 5.84. The van der Waals surface area contributed by atoms with E-state index in [0.29, 0.717) is 6.54 Å². The molecule has 0 aliphatic rings. The average Bonchev–Trinajstić information content (AvgIpc) is 2.62. The fraction of sp³-hybridized carbons (Fsp3) is 0.182. The van der Waals surface area contributed by atoms with Gasteiger partial charge in [-0.25, -0.2) is 4.68 Å². The van der Waals surface area contributed by atoms with Crippen molar-refractivity contribution in [3.63, 3.8) is 0 Å². The van der Waals surface area contributed by atoms with Gasteiger partial charge in [0, 0.05) is 0 Å². The summed E-state index contributed by atoms with van der Waals surface area (Å²) in [6, 6.07) is 7.58. The molecule has 4 nitrogen and oxygen atoms in total. The molecule has 1 heterocycles. The van der Waals surface area contributed by atoms with E-state index in [1.165, 1.54) is 10.9 Å². The molecule has 0 fully saturated rings. The summed E-state index contributed by atoms with van der Waals surface area (Å²) in [7, 11) is 1.62. The van der Waals surface area contributed by atoms with Crippen molar-refractivity contribution in [2.75, 3.05) is 7.11 Å². The number of ether oxygens (including phenoxy) is 1. The predicted molar refractivity (Wildman–Crippen MR) is 61.0 cm³/mol. The second kappa shape index (κ2) is 4.45. The Morgan fingerprint density at radius 1 is 1.38 bits per heavy atom. The highest BCUT2D eigenvalue weighted by Crippen LogP contribution is 2.22. The maximum Gasteiger partial charge on any atom is 0.173 e. The summed E-state index contributed by atoms with van der Waals surface area (Å²) in [5.74, 6) is 0.799. The van der Waals surface area contributed by atoms with Gasteiger partial charge >= 0.3 is 0 Å². The van der Waals surface area contributed by atoms with Crippen molar-refractivity contribution in [2.24, 2.45) is 0 Å². The molecule has 0 saturated carbocycles. The zero-order chi connectivity index (χ0) is 11.5. The Bertz CT molecular complexity index is 479. The largest absolute Gasteiger partial charge is 0.504 e. The molecule has 0 radical (unpaired) electrons. The van der Waals surface area contributed by atoms with E-state index in [0.717, 1.165) is 11.3 Å². The topological polar surface area (TPSA) is 47.3 Å². The quantitative estimate of drug-likeness (QED) is 0.893. The van der Waals surface area contributed by atoms with Gasteiger partial charge in [0.1, 0.15) is 5.75 Å². The van der Waals surface area contributed by atoms with Crippen LogP contribution < -0.4 is 4.74 Å². The molecule has 0 bridgehead atoms. The summed E-state index contributed by atoms with van der Waals surface area (Å²) in [6.45, 7) is 0.517. The van der Waals surface area contributed by atoms with Crippen LogP contribution in [0.3, 0.4) is 0 Å². The molecule has 2 aromatic rings. The Labute approximate surface area is 98.0 Å². The second-order valence-electron chi connectivity index (χ2n) is 3.33. The Morgan fingerprint density at radius 3 is 2.56 bits per heavy atom. The Hall–Kier alpha value is -1.68. The summed E-state index contributed by atoms with van der Waals surface area (Å²) < 4.78 is 6.59. The number of methoxy groups -OCH3 is 1. The van der Waals surface area contributed by atoms with Gasteiger partial charge in [-0.3, -0.25) is 0 Å². The van der Waals surface area contributed by atoms with Crippen LogP contribution in [-0.4, -0.2) is 22.0 Å². The average molecular weight is 239 g/mol. The van der Waals surface area contributed by atoms with Gasteiger partial charge in [-0.2, -0.15) is 5.10 Å². The lowest BCUT2D eigenvalue weighted by Crippen LogP contribution is -2.01. The molecule has 0 aliphatic heterocycles. The summed E-state index contributed by atoms with van der Waals surface area (Å²) in [4.78, 5) is 0. The molecule has 1 aromatic carbocycles. The molecule has 0 amide bonds. The third-order valence-corrected chi connectivity index (χ3v) is 2.64. The minimum Gasteiger partial charge on any atom is -0.504 e. The Morgan fingerprint density at radius 2 is 2.06 bits per heavy atom. The standard InChI is InChI=1S/C11H11ClN2O2/c1-16-9-4-2-8(3-5-9)7-14-11(12)10(15)6-13-14/h2-6,15H,7H2,1H3. The molecule has 5 heteroatoms. The fourth-order valence-corrected chi connectivity index (χ4v) is 1.53. The van der Waals surface area contributed by atoms with E-state index in [1.807, 2.05) is 24.3 Å². The predicted octanol–water partition coefficient (Wildman–Crippen LogP) is 2.30. The monoisotopic (exact) mass is 238 g/mol. The maximum atomic E-state index is 9.27. The van der Waals surface area contributed by atoms with Crippen LogP contribution in [0.15, 0.2) is 30.5 Å².